The normalized spacial score (nSPS) is 13.2. The summed E-state index contributed by atoms with van der Waals surface area (Å²) < 4.78 is 5.64. The topological polar surface area (TPSA) is 95.9 Å². The van der Waals surface area contributed by atoms with E-state index < -0.39 is 18.1 Å². The molecule has 0 heterocycles. The molecular weight excluding hydrogens is 432 g/mol. The second-order valence-corrected chi connectivity index (χ2v) is 9.05. The van der Waals surface area contributed by atoms with Gasteiger partial charge in [0.05, 0.1) is 6.42 Å². The highest BCUT2D eigenvalue weighted by atomic mass is 16.5. The average Bonchev–Trinajstić information content (AvgIpc) is 3.13. The maximum atomic E-state index is 12.8. The van der Waals surface area contributed by atoms with Gasteiger partial charge >= 0.3 is 12.1 Å². The fraction of sp³-hybridized carbons (Fsp3) is 0.444. The van der Waals surface area contributed by atoms with Gasteiger partial charge in [0.25, 0.3) is 0 Å². The van der Waals surface area contributed by atoms with Crippen LogP contribution in [-0.2, 0) is 14.3 Å². The molecule has 0 fully saturated rings. The van der Waals surface area contributed by atoms with Crippen molar-refractivity contribution in [1.82, 2.24) is 10.2 Å². The van der Waals surface area contributed by atoms with Crippen LogP contribution >= 0.6 is 0 Å². The number of nitrogens with zero attached hydrogens (tertiary/aromatic N) is 1. The summed E-state index contributed by atoms with van der Waals surface area (Å²) >= 11 is 0. The molecule has 7 nitrogen and oxygen atoms in total. The zero-order valence-electron chi connectivity index (χ0n) is 20.1. The number of fused-ring (bicyclic) bond motifs is 3. The highest BCUT2D eigenvalue weighted by Gasteiger charge is 2.30. The molecule has 2 aromatic carbocycles. The SMILES string of the molecule is CCCN(CCC(=O)O)C(=O)C[C@@H](NC(=O)OCC1c2ccccc2-c2ccccc21)C(C)C. The number of carbonyl (C=O) groups excluding carboxylic acids is 2. The minimum absolute atomic E-state index is 0.00684. The molecule has 1 aliphatic rings. The Kier molecular flexibility index (Phi) is 8.68. The number of benzene rings is 2. The van der Waals surface area contributed by atoms with Gasteiger partial charge in [-0.1, -0.05) is 69.3 Å². The Hall–Kier alpha value is -3.35. The van der Waals surface area contributed by atoms with E-state index in [1.54, 1.807) is 4.90 Å². The number of ether oxygens (including phenoxy) is 1. The van der Waals surface area contributed by atoms with E-state index in [9.17, 15) is 14.4 Å². The molecule has 0 radical (unpaired) electrons. The predicted octanol–water partition coefficient (Wildman–Crippen LogP) is 4.65. The van der Waals surface area contributed by atoms with Gasteiger partial charge in [-0.25, -0.2) is 4.79 Å². The Labute approximate surface area is 201 Å². The van der Waals surface area contributed by atoms with Crippen molar-refractivity contribution in [2.45, 2.75) is 52.0 Å². The van der Waals surface area contributed by atoms with Crippen molar-refractivity contribution in [3.63, 3.8) is 0 Å². The number of nitrogens with one attached hydrogen (secondary N) is 1. The lowest BCUT2D eigenvalue weighted by molar-refractivity contribution is -0.138. The van der Waals surface area contributed by atoms with Crippen LogP contribution in [0.4, 0.5) is 4.79 Å². The van der Waals surface area contributed by atoms with Gasteiger partial charge in [-0.15, -0.1) is 0 Å². The monoisotopic (exact) mass is 466 g/mol. The minimum Gasteiger partial charge on any atom is -0.481 e. The van der Waals surface area contributed by atoms with Crippen LogP contribution in [0.1, 0.15) is 57.1 Å². The number of alkyl carbamates (subject to hydrolysis) is 1. The number of carbonyl (C=O) groups is 3. The van der Waals surface area contributed by atoms with Gasteiger partial charge in [-0.2, -0.15) is 0 Å². The van der Waals surface area contributed by atoms with E-state index in [0.29, 0.717) is 6.54 Å². The van der Waals surface area contributed by atoms with Crippen molar-refractivity contribution in [2.75, 3.05) is 19.7 Å². The van der Waals surface area contributed by atoms with Crippen LogP contribution in [0.3, 0.4) is 0 Å². The lowest BCUT2D eigenvalue weighted by atomic mass is 9.98. The van der Waals surface area contributed by atoms with Crippen LogP contribution in [0.2, 0.25) is 0 Å². The highest BCUT2D eigenvalue weighted by Crippen LogP contribution is 2.44. The molecule has 1 aliphatic carbocycles. The average molecular weight is 467 g/mol. The summed E-state index contributed by atoms with van der Waals surface area (Å²) in [6.07, 6.45) is 0.178. The lowest BCUT2D eigenvalue weighted by Crippen LogP contribution is -2.44. The molecule has 34 heavy (non-hydrogen) atoms. The number of hydrogen-bond acceptors (Lipinski definition) is 4. The van der Waals surface area contributed by atoms with E-state index in [1.165, 1.54) is 0 Å². The van der Waals surface area contributed by atoms with E-state index in [-0.39, 0.29) is 43.7 Å². The quantitative estimate of drug-likeness (QED) is 0.502. The fourth-order valence-corrected chi connectivity index (χ4v) is 4.42. The number of amides is 2. The van der Waals surface area contributed by atoms with Gasteiger partial charge < -0.3 is 20.1 Å². The van der Waals surface area contributed by atoms with Gasteiger partial charge in [0.2, 0.25) is 5.91 Å². The first-order valence-corrected chi connectivity index (χ1v) is 11.9. The molecule has 0 bridgehead atoms. The molecule has 1 atom stereocenters. The third-order valence-corrected chi connectivity index (χ3v) is 6.29. The van der Waals surface area contributed by atoms with Crippen molar-refractivity contribution < 1.29 is 24.2 Å². The second-order valence-electron chi connectivity index (χ2n) is 9.05. The van der Waals surface area contributed by atoms with Gasteiger partial charge in [0.1, 0.15) is 6.61 Å². The second kappa shape index (κ2) is 11.7. The van der Waals surface area contributed by atoms with Crippen LogP contribution in [-0.4, -0.2) is 53.7 Å². The van der Waals surface area contributed by atoms with E-state index in [1.807, 2.05) is 45.0 Å². The number of rotatable bonds is 11. The maximum Gasteiger partial charge on any atom is 0.407 e. The summed E-state index contributed by atoms with van der Waals surface area (Å²) in [5, 5.41) is 11.8. The van der Waals surface area contributed by atoms with E-state index in [2.05, 4.69) is 29.6 Å². The molecule has 2 amide bonds. The molecular formula is C27H34N2O5. The molecule has 0 saturated heterocycles. The summed E-state index contributed by atoms with van der Waals surface area (Å²) in [6, 6.07) is 15.9. The summed E-state index contributed by atoms with van der Waals surface area (Å²) in [5.41, 5.74) is 4.60. The Morgan fingerprint density at radius 3 is 2.12 bits per heavy atom. The molecule has 182 valence electrons. The first kappa shape index (κ1) is 25.3. The number of aliphatic carboxylic acids is 1. The Bertz CT molecular complexity index is 974. The minimum atomic E-state index is -0.939. The Morgan fingerprint density at radius 1 is 1.00 bits per heavy atom. The van der Waals surface area contributed by atoms with E-state index >= 15 is 0 Å². The third-order valence-electron chi connectivity index (χ3n) is 6.29. The molecule has 0 saturated carbocycles. The zero-order chi connectivity index (χ0) is 24.7. The largest absolute Gasteiger partial charge is 0.481 e. The smallest absolute Gasteiger partial charge is 0.407 e. The summed E-state index contributed by atoms with van der Waals surface area (Å²) in [4.78, 5) is 38.0. The molecule has 2 N–H and O–H groups in total. The number of carboxylic acids is 1. The maximum absolute atomic E-state index is 12.8. The predicted molar refractivity (Wildman–Crippen MR) is 131 cm³/mol. The summed E-state index contributed by atoms with van der Waals surface area (Å²) in [7, 11) is 0. The van der Waals surface area contributed by atoms with E-state index in [4.69, 9.17) is 9.84 Å². The van der Waals surface area contributed by atoms with Crippen molar-refractivity contribution in [2.24, 2.45) is 5.92 Å². The zero-order valence-corrected chi connectivity index (χ0v) is 20.1. The van der Waals surface area contributed by atoms with Gasteiger partial charge in [0, 0.05) is 31.5 Å². The standard InChI is InChI=1S/C27H34N2O5/c1-4-14-29(15-13-26(31)32)25(30)16-24(18(2)3)28-27(33)34-17-23-21-11-7-5-9-19(21)20-10-6-8-12-22(20)23/h5-12,18,23-24H,4,13-17H2,1-3H3,(H,28,33)(H,31,32)/t24-/m1/s1. The van der Waals surface area contributed by atoms with Crippen LogP contribution < -0.4 is 5.32 Å². The first-order chi connectivity index (χ1) is 16.3. The van der Waals surface area contributed by atoms with Crippen molar-refractivity contribution in [3.05, 3.63) is 59.7 Å². The molecule has 0 aliphatic heterocycles. The number of carboxylic acid groups (broad SMARTS) is 1. The van der Waals surface area contributed by atoms with Crippen molar-refractivity contribution in [1.29, 1.82) is 0 Å². The van der Waals surface area contributed by atoms with Crippen LogP contribution in [0.5, 0.6) is 0 Å². The van der Waals surface area contributed by atoms with Gasteiger partial charge in [-0.3, -0.25) is 9.59 Å². The lowest BCUT2D eigenvalue weighted by Gasteiger charge is -2.27. The Balaban J connectivity index is 1.61. The fourth-order valence-electron chi connectivity index (χ4n) is 4.42. The van der Waals surface area contributed by atoms with Gasteiger partial charge in [0.15, 0.2) is 0 Å². The van der Waals surface area contributed by atoms with Crippen LogP contribution in [0.15, 0.2) is 48.5 Å². The molecule has 2 aromatic rings. The molecule has 0 spiro atoms. The summed E-state index contributed by atoms with van der Waals surface area (Å²) in [6.45, 7) is 6.67. The van der Waals surface area contributed by atoms with Gasteiger partial charge in [-0.05, 0) is 34.6 Å². The molecule has 7 heteroatoms. The highest BCUT2D eigenvalue weighted by molar-refractivity contribution is 5.80. The molecule has 3 rings (SSSR count). The van der Waals surface area contributed by atoms with Crippen LogP contribution in [0, 0.1) is 5.92 Å². The Morgan fingerprint density at radius 2 is 1.59 bits per heavy atom. The first-order valence-electron chi connectivity index (χ1n) is 11.9. The molecule has 0 aromatic heterocycles. The third kappa shape index (κ3) is 6.16. The number of hydrogen-bond donors (Lipinski definition) is 2. The molecule has 0 unspecified atom stereocenters. The summed E-state index contributed by atoms with van der Waals surface area (Å²) in [5.74, 6) is -1.13. The van der Waals surface area contributed by atoms with Crippen molar-refractivity contribution in [3.8, 4) is 11.1 Å². The van der Waals surface area contributed by atoms with Crippen molar-refractivity contribution >= 4 is 18.0 Å². The van der Waals surface area contributed by atoms with E-state index in [0.717, 1.165) is 28.7 Å². The van der Waals surface area contributed by atoms with Crippen LogP contribution in [0.25, 0.3) is 11.1 Å².